The SMILES string of the molecule is CO[C@H]1C[C@H](c2nc(C)no2)N(C(=O)C2COc3ccccc3O2)C1. The van der Waals surface area contributed by atoms with Crippen LogP contribution in [0.1, 0.15) is 24.2 Å². The molecule has 2 aliphatic rings. The monoisotopic (exact) mass is 345 g/mol. The molecule has 0 N–H and O–H groups in total. The van der Waals surface area contributed by atoms with E-state index in [4.69, 9.17) is 18.7 Å². The number of hydrogen-bond acceptors (Lipinski definition) is 7. The Balaban J connectivity index is 1.55. The number of likely N-dealkylation sites (tertiary alicyclic amines) is 1. The number of methoxy groups -OCH3 is 1. The van der Waals surface area contributed by atoms with Gasteiger partial charge in [0.05, 0.1) is 6.10 Å². The summed E-state index contributed by atoms with van der Waals surface area (Å²) in [5, 5.41) is 3.83. The van der Waals surface area contributed by atoms with E-state index >= 15 is 0 Å². The first-order valence-electron chi connectivity index (χ1n) is 8.17. The molecule has 0 radical (unpaired) electrons. The average Bonchev–Trinajstić information content (AvgIpc) is 3.26. The molecule has 1 amide bonds. The Kier molecular flexibility index (Phi) is 4.04. The van der Waals surface area contributed by atoms with Crippen LogP contribution in [0, 0.1) is 6.92 Å². The fourth-order valence-electron chi connectivity index (χ4n) is 3.22. The molecule has 0 saturated carbocycles. The van der Waals surface area contributed by atoms with Crippen LogP contribution in [-0.2, 0) is 9.53 Å². The molecule has 2 aromatic rings. The summed E-state index contributed by atoms with van der Waals surface area (Å²) in [5.41, 5.74) is 0. The third kappa shape index (κ3) is 2.93. The number of nitrogens with zero attached hydrogens (tertiary/aromatic N) is 3. The highest BCUT2D eigenvalue weighted by atomic mass is 16.6. The second-order valence-electron chi connectivity index (χ2n) is 6.14. The molecule has 25 heavy (non-hydrogen) atoms. The molecule has 8 nitrogen and oxygen atoms in total. The van der Waals surface area contributed by atoms with Crippen molar-refractivity contribution < 1.29 is 23.5 Å². The van der Waals surface area contributed by atoms with Gasteiger partial charge in [0.15, 0.2) is 17.3 Å². The van der Waals surface area contributed by atoms with E-state index < -0.39 is 6.10 Å². The highest BCUT2D eigenvalue weighted by Gasteiger charge is 2.43. The second kappa shape index (κ2) is 6.36. The first-order valence-corrected chi connectivity index (χ1v) is 8.17. The number of hydrogen-bond donors (Lipinski definition) is 0. The summed E-state index contributed by atoms with van der Waals surface area (Å²) in [7, 11) is 1.63. The molecule has 132 valence electrons. The van der Waals surface area contributed by atoms with Gasteiger partial charge in [-0.1, -0.05) is 17.3 Å². The molecule has 1 aromatic heterocycles. The standard InChI is InChI=1S/C17H19N3O5/c1-10-18-16(25-19-10)12-7-11(22-2)8-20(12)17(21)15-9-23-13-5-3-4-6-14(13)24-15/h3-6,11-12,15H,7-9H2,1-2H3/t11-,12+,15?/m0/s1. The van der Waals surface area contributed by atoms with E-state index in [1.807, 2.05) is 18.2 Å². The molecule has 0 bridgehead atoms. The lowest BCUT2D eigenvalue weighted by Gasteiger charge is -2.30. The smallest absolute Gasteiger partial charge is 0.268 e. The zero-order chi connectivity index (χ0) is 17.4. The lowest BCUT2D eigenvalue weighted by Crippen LogP contribution is -2.46. The first kappa shape index (κ1) is 15.9. The third-order valence-corrected chi connectivity index (χ3v) is 4.49. The van der Waals surface area contributed by atoms with Gasteiger partial charge >= 0.3 is 0 Å². The van der Waals surface area contributed by atoms with Gasteiger partial charge in [-0.05, 0) is 19.1 Å². The van der Waals surface area contributed by atoms with E-state index in [1.165, 1.54) is 0 Å². The molecule has 0 spiro atoms. The Morgan fingerprint density at radius 3 is 2.84 bits per heavy atom. The fraction of sp³-hybridized carbons (Fsp3) is 0.471. The zero-order valence-electron chi connectivity index (χ0n) is 14.0. The fourth-order valence-corrected chi connectivity index (χ4v) is 3.22. The van der Waals surface area contributed by atoms with Gasteiger partial charge in [-0.3, -0.25) is 4.79 Å². The van der Waals surface area contributed by atoms with Crippen LogP contribution >= 0.6 is 0 Å². The van der Waals surface area contributed by atoms with Crippen LogP contribution in [-0.4, -0.2) is 53.4 Å². The van der Waals surface area contributed by atoms with Crippen LogP contribution in [0.3, 0.4) is 0 Å². The van der Waals surface area contributed by atoms with Gasteiger partial charge in [-0.2, -0.15) is 4.98 Å². The minimum Gasteiger partial charge on any atom is -0.485 e. The van der Waals surface area contributed by atoms with E-state index in [0.29, 0.717) is 36.2 Å². The number of aryl methyl sites for hydroxylation is 1. The lowest BCUT2D eigenvalue weighted by atomic mass is 10.2. The maximum atomic E-state index is 13.0. The first-order chi connectivity index (χ1) is 12.2. The Bertz CT molecular complexity index is 777. The summed E-state index contributed by atoms with van der Waals surface area (Å²) < 4.78 is 22.2. The van der Waals surface area contributed by atoms with E-state index in [9.17, 15) is 4.79 Å². The van der Waals surface area contributed by atoms with Gasteiger partial charge < -0.3 is 23.6 Å². The molecular formula is C17H19N3O5. The minimum absolute atomic E-state index is 0.0852. The molecule has 1 saturated heterocycles. The van der Waals surface area contributed by atoms with E-state index in [2.05, 4.69) is 10.1 Å². The zero-order valence-corrected chi connectivity index (χ0v) is 14.0. The van der Waals surface area contributed by atoms with Gasteiger partial charge in [0.2, 0.25) is 12.0 Å². The van der Waals surface area contributed by atoms with Crippen LogP contribution in [0.15, 0.2) is 28.8 Å². The Labute approximate surface area is 144 Å². The largest absolute Gasteiger partial charge is 0.485 e. The molecule has 3 atom stereocenters. The Hall–Kier alpha value is -2.61. The van der Waals surface area contributed by atoms with Crippen molar-refractivity contribution in [3.63, 3.8) is 0 Å². The van der Waals surface area contributed by atoms with Gasteiger partial charge in [0.25, 0.3) is 5.91 Å². The molecule has 4 rings (SSSR count). The topological polar surface area (TPSA) is 86.9 Å². The number of rotatable bonds is 3. The molecule has 0 aliphatic carbocycles. The number of carbonyl (C=O) groups is 1. The van der Waals surface area contributed by atoms with Gasteiger partial charge in [-0.25, -0.2) is 0 Å². The van der Waals surface area contributed by atoms with E-state index in [-0.39, 0.29) is 24.7 Å². The second-order valence-corrected chi connectivity index (χ2v) is 6.14. The van der Waals surface area contributed by atoms with E-state index in [0.717, 1.165) is 0 Å². The average molecular weight is 345 g/mol. The van der Waals surface area contributed by atoms with Crippen LogP contribution in [0.25, 0.3) is 0 Å². The summed E-state index contributed by atoms with van der Waals surface area (Å²) in [5.74, 6) is 2.00. The molecule has 1 unspecified atom stereocenters. The molecular weight excluding hydrogens is 326 g/mol. The summed E-state index contributed by atoms with van der Waals surface area (Å²) in [6.07, 6.45) is -0.191. The maximum Gasteiger partial charge on any atom is 0.268 e. The highest BCUT2D eigenvalue weighted by molar-refractivity contribution is 5.82. The van der Waals surface area contributed by atoms with Crippen molar-refractivity contribution in [1.29, 1.82) is 0 Å². The normalized spacial score (nSPS) is 25.2. The lowest BCUT2D eigenvalue weighted by molar-refractivity contribution is -0.143. The number of carbonyl (C=O) groups excluding carboxylic acids is 1. The molecule has 3 heterocycles. The van der Waals surface area contributed by atoms with Gasteiger partial charge in [0.1, 0.15) is 12.6 Å². The number of benzene rings is 1. The van der Waals surface area contributed by atoms with Crippen molar-refractivity contribution in [2.24, 2.45) is 0 Å². The number of aromatic nitrogens is 2. The number of ether oxygens (including phenoxy) is 3. The van der Waals surface area contributed by atoms with Crippen molar-refractivity contribution >= 4 is 5.91 Å². The summed E-state index contributed by atoms with van der Waals surface area (Å²) in [6, 6.07) is 6.99. The molecule has 1 fully saturated rings. The predicted molar refractivity (Wildman–Crippen MR) is 85.3 cm³/mol. The van der Waals surface area contributed by atoms with E-state index in [1.54, 1.807) is 25.0 Å². The summed E-state index contributed by atoms with van der Waals surface area (Å²) in [4.78, 5) is 19.0. The number of fused-ring (bicyclic) bond motifs is 1. The number of para-hydroxylation sites is 2. The molecule has 1 aromatic carbocycles. The predicted octanol–water partition coefficient (Wildman–Crippen LogP) is 1.51. The van der Waals surface area contributed by atoms with Gasteiger partial charge in [0, 0.05) is 20.1 Å². The van der Waals surface area contributed by atoms with Crippen LogP contribution < -0.4 is 9.47 Å². The van der Waals surface area contributed by atoms with Crippen LogP contribution in [0.2, 0.25) is 0 Å². The van der Waals surface area contributed by atoms with Crippen molar-refractivity contribution in [3.05, 3.63) is 36.0 Å². The van der Waals surface area contributed by atoms with Crippen molar-refractivity contribution in [1.82, 2.24) is 15.0 Å². The maximum absolute atomic E-state index is 13.0. The third-order valence-electron chi connectivity index (χ3n) is 4.49. The van der Waals surface area contributed by atoms with Crippen molar-refractivity contribution in [2.45, 2.75) is 31.6 Å². The Morgan fingerprint density at radius 2 is 2.12 bits per heavy atom. The summed E-state index contributed by atoms with van der Waals surface area (Å²) in [6.45, 7) is 2.36. The molecule has 2 aliphatic heterocycles. The van der Waals surface area contributed by atoms with Crippen LogP contribution in [0.4, 0.5) is 0 Å². The van der Waals surface area contributed by atoms with Crippen molar-refractivity contribution in [2.75, 3.05) is 20.3 Å². The minimum atomic E-state index is -0.711. The summed E-state index contributed by atoms with van der Waals surface area (Å²) >= 11 is 0. The Morgan fingerprint density at radius 1 is 1.32 bits per heavy atom. The quantitative estimate of drug-likeness (QED) is 0.833. The number of amides is 1. The van der Waals surface area contributed by atoms with Crippen molar-refractivity contribution in [3.8, 4) is 11.5 Å². The molecule has 8 heteroatoms. The highest BCUT2D eigenvalue weighted by Crippen LogP contribution is 2.36. The van der Waals surface area contributed by atoms with Gasteiger partial charge in [-0.15, -0.1) is 0 Å². The van der Waals surface area contributed by atoms with Crippen LogP contribution in [0.5, 0.6) is 11.5 Å².